The number of fused-ring (bicyclic) bond motifs is 3. The Hall–Kier alpha value is -1.45. The fraction of sp³-hybridized carbons (Fsp3) is 0.200. The second kappa shape index (κ2) is 6.47. The molecule has 0 amide bonds. The lowest BCUT2D eigenvalue weighted by Gasteiger charge is -2.17. The molecule has 18 heavy (non-hydrogen) atoms. The van der Waals surface area contributed by atoms with Crippen molar-refractivity contribution in [2.45, 2.75) is 17.6 Å². The standard InChI is InChI=1S/C13H10OS.C2H7N/c1-2-4-11(5-3-1)14-13-8-12-7-6-10(13)9-15-12;1-2-3/h1-8H,9H2;2-3H2,1H3. The zero-order chi connectivity index (χ0) is 12.8. The van der Waals surface area contributed by atoms with Gasteiger partial charge in [0.2, 0.25) is 0 Å². The van der Waals surface area contributed by atoms with Gasteiger partial charge in [-0.2, -0.15) is 0 Å². The molecule has 0 saturated carbocycles. The SMILES string of the molecule is CCN.c1ccc(Oc2cc3ccc2CS3)cc1. The second-order valence-corrected chi connectivity index (χ2v) is 4.93. The maximum absolute atomic E-state index is 5.83. The lowest BCUT2D eigenvalue weighted by molar-refractivity contribution is 0.476. The molecule has 2 heterocycles. The van der Waals surface area contributed by atoms with Gasteiger partial charge in [-0.3, -0.25) is 0 Å². The highest BCUT2D eigenvalue weighted by Crippen LogP contribution is 2.38. The van der Waals surface area contributed by atoms with E-state index in [1.54, 1.807) is 0 Å². The Morgan fingerprint density at radius 2 is 1.89 bits per heavy atom. The molecule has 0 unspecified atom stereocenters. The second-order valence-electron chi connectivity index (χ2n) is 3.88. The molecule has 0 fully saturated rings. The van der Waals surface area contributed by atoms with Crippen LogP contribution in [-0.2, 0) is 5.75 Å². The van der Waals surface area contributed by atoms with Crippen LogP contribution in [0.15, 0.2) is 53.4 Å². The third-order valence-electron chi connectivity index (χ3n) is 2.40. The van der Waals surface area contributed by atoms with Crippen molar-refractivity contribution in [1.82, 2.24) is 0 Å². The zero-order valence-corrected chi connectivity index (χ0v) is 11.2. The van der Waals surface area contributed by atoms with Crippen LogP contribution in [0.1, 0.15) is 12.5 Å². The average molecular weight is 259 g/mol. The van der Waals surface area contributed by atoms with Gasteiger partial charge in [-0.15, -0.1) is 11.8 Å². The van der Waals surface area contributed by atoms with E-state index in [4.69, 9.17) is 10.5 Å². The van der Waals surface area contributed by atoms with Crippen molar-refractivity contribution in [3.8, 4) is 11.5 Å². The van der Waals surface area contributed by atoms with E-state index in [0.29, 0.717) is 0 Å². The van der Waals surface area contributed by atoms with Crippen LogP contribution in [0, 0.1) is 0 Å². The zero-order valence-electron chi connectivity index (χ0n) is 10.4. The van der Waals surface area contributed by atoms with Gasteiger partial charge in [-0.25, -0.2) is 0 Å². The largest absolute Gasteiger partial charge is 0.457 e. The monoisotopic (exact) mass is 259 g/mol. The summed E-state index contributed by atoms with van der Waals surface area (Å²) in [6.07, 6.45) is 0. The minimum atomic E-state index is 0.750. The lowest BCUT2D eigenvalue weighted by atomic mass is 10.2. The smallest absolute Gasteiger partial charge is 0.132 e. The summed E-state index contributed by atoms with van der Waals surface area (Å²) in [5, 5.41) is 0. The molecule has 0 spiro atoms. The summed E-state index contributed by atoms with van der Waals surface area (Å²) in [5.74, 6) is 2.94. The first-order valence-corrected chi connectivity index (χ1v) is 7.00. The quantitative estimate of drug-likeness (QED) is 0.883. The first-order valence-electron chi connectivity index (χ1n) is 6.02. The highest BCUT2D eigenvalue weighted by Gasteiger charge is 2.12. The maximum atomic E-state index is 5.83. The van der Waals surface area contributed by atoms with Crippen LogP contribution in [0.2, 0.25) is 0 Å². The van der Waals surface area contributed by atoms with Crippen molar-refractivity contribution in [2.24, 2.45) is 5.73 Å². The molecule has 0 aliphatic carbocycles. The predicted molar refractivity (Wildman–Crippen MR) is 77.2 cm³/mol. The number of ether oxygens (including phenoxy) is 1. The number of para-hydroxylation sites is 1. The first-order chi connectivity index (χ1) is 8.83. The molecule has 2 N–H and O–H groups in total. The first kappa shape index (κ1) is 13.0. The van der Waals surface area contributed by atoms with Crippen molar-refractivity contribution >= 4 is 11.8 Å². The van der Waals surface area contributed by atoms with E-state index in [1.165, 1.54) is 10.5 Å². The van der Waals surface area contributed by atoms with E-state index in [1.807, 2.05) is 49.0 Å². The summed E-state index contributed by atoms with van der Waals surface area (Å²) >= 11 is 1.86. The summed E-state index contributed by atoms with van der Waals surface area (Å²) in [6, 6.07) is 16.3. The Morgan fingerprint density at radius 3 is 2.39 bits per heavy atom. The van der Waals surface area contributed by atoms with E-state index >= 15 is 0 Å². The Kier molecular flexibility index (Phi) is 4.67. The van der Waals surface area contributed by atoms with E-state index in [2.05, 4.69) is 18.2 Å². The molecule has 2 bridgehead atoms. The van der Waals surface area contributed by atoms with Crippen LogP contribution in [0.3, 0.4) is 0 Å². The molecule has 0 atom stereocenters. The van der Waals surface area contributed by atoms with E-state index in [-0.39, 0.29) is 0 Å². The van der Waals surface area contributed by atoms with Gasteiger partial charge in [0.25, 0.3) is 0 Å². The molecule has 2 nitrogen and oxygen atoms in total. The third kappa shape index (κ3) is 3.28. The van der Waals surface area contributed by atoms with Gasteiger partial charge >= 0.3 is 0 Å². The highest BCUT2D eigenvalue weighted by atomic mass is 32.2. The van der Waals surface area contributed by atoms with Crippen LogP contribution in [0.25, 0.3) is 0 Å². The molecule has 94 valence electrons. The fourth-order valence-electron chi connectivity index (χ4n) is 1.62. The molecule has 0 aromatic heterocycles. The molecule has 4 rings (SSSR count). The van der Waals surface area contributed by atoms with Crippen molar-refractivity contribution < 1.29 is 4.74 Å². The number of hydrogen-bond donors (Lipinski definition) is 1. The van der Waals surface area contributed by atoms with E-state index < -0.39 is 0 Å². The molecule has 2 aliphatic rings. The Morgan fingerprint density at radius 1 is 1.17 bits per heavy atom. The van der Waals surface area contributed by atoms with Crippen molar-refractivity contribution in [3.63, 3.8) is 0 Å². The number of nitrogens with two attached hydrogens (primary N) is 1. The number of benzene rings is 2. The van der Waals surface area contributed by atoms with Gasteiger partial charge in [0.1, 0.15) is 11.5 Å². The van der Waals surface area contributed by atoms with Gasteiger partial charge < -0.3 is 10.5 Å². The van der Waals surface area contributed by atoms with Crippen molar-refractivity contribution in [2.75, 3.05) is 6.54 Å². The number of thioether (sulfide) groups is 1. The molecule has 2 aromatic carbocycles. The average Bonchev–Trinajstić information content (AvgIpc) is 2.42. The molecular weight excluding hydrogens is 242 g/mol. The molecule has 0 radical (unpaired) electrons. The number of rotatable bonds is 2. The van der Waals surface area contributed by atoms with Crippen LogP contribution >= 0.6 is 11.8 Å². The van der Waals surface area contributed by atoms with Gasteiger partial charge in [0.15, 0.2) is 0 Å². The van der Waals surface area contributed by atoms with Crippen LogP contribution in [0.5, 0.6) is 11.5 Å². The Labute approximate surface area is 112 Å². The number of hydrogen-bond acceptors (Lipinski definition) is 3. The van der Waals surface area contributed by atoms with Gasteiger partial charge in [-0.1, -0.05) is 31.2 Å². The lowest BCUT2D eigenvalue weighted by Crippen LogP contribution is -1.95. The van der Waals surface area contributed by atoms with E-state index in [0.717, 1.165) is 23.8 Å². The normalized spacial score (nSPS) is 11.7. The van der Waals surface area contributed by atoms with Crippen molar-refractivity contribution in [3.05, 3.63) is 54.1 Å². The maximum Gasteiger partial charge on any atom is 0.132 e. The summed E-state index contributed by atoms with van der Waals surface area (Å²) in [4.78, 5) is 1.29. The molecule has 0 saturated heterocycles. The highest BCUT2D eigenvalue weighted by molar-refractivity contribution is 7.98. The molecule has 3 heteroatoms. The van der Waals surface area contributed by atoms with Crippen LogP contribution < -0.4 is 10.5 Å². The van der Waals surface area contributed by atoms with E-state index in [9.17, 15) is 0 Å². The summed E-state index contributed by atoms with van der Waals surface area (Å²) in [5.41, 5.74) is 6.12. The fourth-order valence-corrected chi connectivity index (χ4v) is 2.53. The molecular formula is C15H17NOS. The van der Waals surface area contributed by atoms with Gasteiger partial charge in [-0.05, 0) is 30.8 Å². The topological polar surface area (TPSA) is 35.2 Å². The third-order valence-corrected chi connectivity index (χ3v) is 3.45. The van der Waals surface area contributed by atoms with Crippen molar-refractivity contribution in [1.29, 1.82) is 0 Å². The molecule has 2 aliphatic heterocycles. The minimum absolute atomic E-state index is 0.750. The summed E-state index contributed by atoms with van der Waals surface area (Å²) in [6.45, 7) is 2.65. The van der Waals surface area contributed by atoms with Gasteiger partial charge in [0, 0.05) is 16.2 Å². The summed E-state index contributed by atoms with van der Waals surface area (Å²) < 4.78 is 5.83. The van der Waals surface area contributed by atoms with Gasteiger partial charge in [0.05, 0.1) is 0 Å². The van der Waals surface area contributed by atoms with Crippen LogP contribution in [-0.4, -0.2) is 6.54 Å². The minimum Gasteiger partial charge on any atom is -0.457 e. The Bertz CT molecular complexity index is 499. The molecule has 2 aromatic rings. The summed E-state index contributed by atoms with van der Waals surface area (Å²) in [7, 11) is 0. The van der Waals surface area contributed by atoms with Crippen LogP contribution in [0.4, 0.5) is 0 Å². The predicted octanol–water partition coefficient (Wildman–Crippen LogP) is 4.05. The Balaban J connectivity index is 0.000000367.